The minimum Gasteiger partial charge on any atom is -0.444 e. The molecule has 3 atom stereocenters. The number of nitrogens with zero attached hydrogens (tertiary/aromatic N) is 1. The Morgan fingerprint density at radius 1 is 1.38 bits per heavy atom. The molecule has 0 aromatic rings. The van der Waals surface area contributed by atoms with Crippen molar-refractivity contribution in [3.63, 3.8) is 0 Å². The van der Waals surface area contributed by atoms with Crippen LogP contribution in [0, 0.1) is 5.92 Å². The number of nitrogens with one attached hydrogen (secondary N) is 1. The number of hydrogen-bond donors (Lipinski definition) is 1. The molecule has 21 heavy (non-hydrogen) atoms. The highest BCUT2D eigenvalue weighted by Gasteiger charge is 2.33. The SMILES string of the molecule is CC1C(NCC2CCOC2)CCCN1C(=O)OC(C)(C)C. The van der Waals surface area contributed by atoms with Gasteiger partial charge in [-0.2, -0.15) is 0 Å². The molecule has 5 nitrogen and oxygen atoms in total. The topological polar surface area (TPSA) is 50.8 Å². The highest BCUT2D eigenvalue weighted by molar-refractivity contribution is 5.68. The number of carbonyl (C=O) groups excluding carboxylic acids is 1. The quantitative estimate of drug-likeness (QED) is 0.869. The maximum absolute atomic E-state index is 12.3. The molecule has 2 rings (SSSR count). The van der Waals surface area contributed by atoms with Crippen LogP contribution in [0.15, 0.2) is 0 Å². The number of rotatable bonds is 3. The van der Waals surface area contributed by atoms with Crippen molar-refractivity contribution in [3.05, 3.63) is 0 Å². The third-order valence-electron chi connectivity index (χ3n) is 4.31. The van der Waals surface area contributed by atoms with E-state index < -0.39 is 5.60 Å². The van der Waals surface area contributed by atoms with Crippen LogP contribution in [-0.4, -0.2) is 55.0 Å². The van der Waals surface area contributed by atoms with Gasteiger partial charge < -0.3 is 19.7 Å². The van der Waals surface area contributed by atoms with E-state index in [0.29, 0.717) is 12.0 Å². The Balaban J connectivity index is 1.84. The molecule has 2 aliphatic heterocycles. The minimum absolute atomic E-state index is 0.177. The molecule has 0 aromatic carbocycles. The zero-order chi connectivity index (χ0) is 15.5. The van der Waals surface area contributed by atoms with Crippen molar-refractivity contribution in [2.45, 2.75) is 64.6 Å². The first-order valence-electron chi connectivity index (χ1n) is 8.17. The molecule has 0 aliphatic carbocycles. The monoisotopic (exact) mass is 298 g/mol. The van der Waals surface area contributed by atoms with E-state index in [-0.39, 0.29) is 12.1 Å². The third kappa shape index (κ3) is 4.85. The Labute approximate surface area is 128 Å². The predicted octanol–water partition coefficient (Wildman–Crippen LogP) is 2.40. The van der Waals surface area contributed by atoms with E-state index in [4.69, 9.17) is 9.47 Å². The van der Waals surface area contributed by atoms with Crippen LogP contribution >= 0.6 is 0 Å². The molecular weight excluding hydrogens is 268 g/mol. The molecule has 0 radical (unpaired) electrons. The number of piperidine rings is 1. The van der Waals surface area contributed by atoms with Gasteiger partial charge in [0.1, 0.15) is 5.60 Å². The summed E-state index contributed by atoms with van der Waals surface area (Å²) in [5.74, 6) is 0.620. The lowest BCUT2D eigenvalue weighted by molar-refractivity contribution is 0.00684. The molecule has 0 saturated carbocycles. The lowest BCUT2D eigenvalue weighted by Crippen LogP contribution is -2.56. The molecule has 1 amide bonds. The first-order valence-corrected chi connectivity index (χ1v) is 8.17. The first-order chi connectivity index (χ1) is 9.87. The Bertz CT molecular complexity index is 348. The summed E-state index contributed by atoms with van der Waals surface area (Å²) in [6.45, 7) is 11.4. The number of hydrogen-bond acceptors (Lipinski definition) is 4. The normalized spacial score (nSPS) is 30.5. The van der Waals surface area contributed by atoms with Gasteiger partial charge in [0.05, 0.1) is 6.61 Å². The number of carbonyl (C=O) groups is 1. The van der Waals surface area contributed by atoms with Gasteiger partial charge in [0.2, 0.25) is 0 Å². The molecule has 5 heteroatoms. The molecule has 0 bridgehead atoms. The summed E-state index contributed by atoms with van der Waals surface area (Å²) in [5.41, 5.74) is -0.432. The van der Waals surface area contributed by atoms with Crippen LogP contribution in [0.3, 0.4) is 0 Å². The molecule has 2 heterocycles. The Kier molecular flexibility index (Phi) is 5.49. The van der Waals surface area contributed by atoms with Crippen LogP contribution in [0.1, 0.15) is 47.0 Å². The van der Waals surface area contributed by atoms with E-state index in [9.17, 15) is 4.79 Å². The lowest BCUT2D eigenvalue weighted by atomic mass is 9.97. The second kappa shape index (κ2) is 6.97. The van der Waals surface area contributed by atoms with Gasteiger partial charge in [-0.15, -0.1) is 0 Å². The van der Waals surface area contributed by atoms with Crippen LogP contribution in [0.4, 0.5) is 4.79 Å². The minimum atomic E-state index is -0.432. The second-order valence-corrected chi connectivity index (χ2v) is 7.30. The fraction of sp³-hybridized carbons (Fsp3) is 0.938. The van der Waals surface area contributed by atoms with Crippen molar-refractivity contribution >= 4 is 6.09 Å². The molecule has 2 aliphatic rings. The zero-order valence-corrected chi connectivity index (χ0v) is 13.9. The molecular formula is C16H30N2O3. The zero-order valence-electron chi connectivity index (χ0n) is 13.9. The number of ether oxygens (including phenoxy) is 2. The summed E-state index contributed by atoms with van der Waals surface area (Å²) in [6.07, 6.45) is 3.10. The van der Waals surface area contributed by atoms with E-state index in [1.165, 1.54) is 0 Å². The summed E-state index contributed by atoms with van der Waals surface area (Å²) in [6, 6.07) is 0.530. The fourth-order valence-electron chi connectivity index (χ4n) is 3.06. The highest BCUT2D eigenvalue weighted by atomic mass is 16.6. The van der Waals surface area contributed by atoms with Crippen molar-refractivity contribution in [3.8, 4) is 0 Å². The van der Waals surface area contributed by atoms with Crippen molar-refractivity contribution in [2.75, 3.05) is 26.3 Å². The second-order valence-electron chi connectivity index (χ2n) is 7.30. The van der Waals surface area contributed by atoms with E-state index >= 15 is 0 Å². The van der Waals surface area contributed by atoms with Crippen LogP contribution in [0.2, 0.25) is 0 Å². The number of amides is 1. The smallest absolute Gasteiger partial charge is 0.410 e. The van der Waals surface area contributed by atoms with Gasteiger partial charge in [-0.3, -0.25) is 0 Å². The summed E-state index contributed by atoms with van der Waals surface area (Å²) < 4.78 is 10.9. The van der Waals surface area contributed by atoms with Crippen molar-refractivity contribution in [1.82, 2.24) is 10.2 Å². The average molecular weight is 298 g/mol. The largest absolute Gasteiger partial charge is 0.444 e. The maximum atomic E-state index is 12.3. The third-order valence-corrected chi connectivity index (χ3v) is 4.31. The first kappa shape index (κ1) is 16.6. The summed E-state index contributed by atoms with van der Waals surface area (Å²) in [7, 11) is 0. The maximum Gasteiger partial charge on any atom is 0.410 e. The van der Waals surface area contributed by atoms with Gasteiger partial charge >= 0.3 is 6.09 Å². The van der Waals surface area contributed by atoms with Crippen molar-refractivity contribution < 1.29 is 14.3 Å². The highest BCUT2D eigenvalue weighted by Crippen LogP contribution is 2.21. The average Bonchev–Trinajstić information content (AvgIpc) is 2.88. The van der Waals surface area contributed by atoms with Gasteiger partial charge in [0.15, 0.2) is 0 Å². The standard InChI is InChI=1S/C16H30N2O3/c1-12-14(17-10-13-7-9-20-11-13)6-5-8-18(12)15(19)21-16(2,3)4/h12-14,17H,5-11H2,1-4H3. The molecule has 0 aromatic heterocycles. The van der Waals surface area contributed by atoms with Crippen LogP contribution in [-0.2, 0) is 9.47 Å². The summed E-state index contributed by atoms with van der Waals surface area (Å²) in [5, 5.41) is 3.63. The molecule has 122 valence electrons. The van der Waals surface area contributed by atoms with Crippen LogP contribution < -0.4 is 5.32 Å². The van der Waals surface area contributed by atoms with Gasteiger partial charge in [0.25, 0.3) is 0 Å². The molecule has 0 spiro atoms. The Morgan fingerprint density at radius 2 is 2.14 bits per heavy atom. The summed E-state index contributed by atoms with van der Waals surface area (Å²) in [4.78, 5) is 14.2. The van der Waals surface area contributed by atoms with E-state index in [1.807, 2.05) is 25.7 Å². The molecule has 3 unspecified atom stereocenters. The van der Waals surface area contributed by atoms with E-state index in [0.717, 1.165) is 45.6 Å². The fourth-order valence-corrected chi connectivity index (χ4v) is 3.06. The van der Waals surface area contributed by atoms with Gasteiger partial charge in [-0.05, 0) is 52.9 Å². The van der Waals surface area contributed by atoms with Crippen molar-refractivity contribution in [2.24, 2.45) is 5.92 Å². The van der Waals surface area contributed by atoms with Crippen molar-refractivity contribution in [1.29, 1.82) is 0 Å². The van der Waals surface area contributed by atoms with Gasteiger partial charge in [0, 0.05) is 31.8 Å². The molecule has 2 saturated heterocycles. The van der Waals surface area contributed by atoms with E-state index in [2.05, 4.69) is 12.2 Å². The lowest BCUT2D eigenvalue weighted by Gasteiger charge is -2.40. The van der Waals surface area contributed by atoms with Gasteiger partial charge in [-0.25, -0.2) is 4.79 Å². The predicted molar refractivity (Wildman–Crippen MR) is 82.4 cm³/mol. The van der Waals surface area contributed by atoms with E-state index in [1.54, 1.807) is 0 Å². The van der Waals surface area contributed by atoms with Gasteiger partial charge in [-0.1, -0.05) is 0 Å². The van der Waals surface area contributed by atoms with Crippen LogP contribution in [0.5, 0.6) is 0 Å². The molecule has 1 N–H and O–H groups in total. The molecule has 2 fully saturated rings. The summed E-state index contributed by atoms with van der Waals surface area (Å²) >= 11 is 0. The Morgan fingerprint density at radius 3 is 2.76 bits per heavy atom. The van der Waals surface area contributed by atoms with Crippen LogP contribution in [0.25, 0.3) is 0 Å². The number of likely N-dealkylation sites (tertiary alicyclic amines) is 1. The Hall–Kier alpha value is -0.810.